The summed E-state index contributed by atoms with van der Waals surface area (Å²) in [7, 11) is 0. The Morgan fingerprint density at radius 1 is 1.71 bits per heavy atom. The van der Waals surface area contributed by atoms with Crippen molar-refractivity contribution in [3.8, 4) is 0 Å². The second-order valence-electron chi connectivity index (χ2n) is 2.17. The number of azide groups is 1. The molecule has 1 aromatic heterocycles. The number of hydrogen-bond acceptors (Lipinski definition) is 3. The van der Waals surface area contributed by atoms with E-state index in [2.05, 4.69) is 10.0 Å². The van der Waals surface area contributed by atoms with Gasteiger partial charge in [-0.1, -0.05) is 5.11 Å². The van der Waals surface area contributed by atoms with Crippen LogP contribution >= 0.6 is 11.3 Å². The summed E-state index contributed by atoms with van der Waals surface area (Å²) >= 11 is 0.770. The fourth-order valence-electron chi connectivity index (χ4n) is 0.722. The van der Waals surface area contributed by atoms with Gasteiger partial charge in [0, 0.05) is 9.79 Å². The van der Waals surface area contributed by atoms with Crippen molar-refractivity contribution in [2.24, 2.45) is 5.11 Å². The third kappa shape index (κ3) is 2.58. The van der Waals surface area contributed by atoms with Gasteiger partial charge in [-0.25, -0.2) is 4.79 Å². The van der Waals surface area contributed by atoms with Crippen LogP contribution in [0.2, 0.25) is 0 Å². The molecule has 72 valence electrons. The lowest BCUT2D eigenvalue weighted by atomic mass is 10.3. The van der Waals surface area contributed by atoms with E-state index >= 15 is 0 Å². The summed E-state index contributed by atoms with van der Waals surface area (Å²) in [6.07, 6.45) is 1.11. The second kappa shape index (κ2) is 4.40. The summed E-state index contributed by atoms with van der Waals surface area (Å²) in [4.78, 5) is 13.2. The third-order valence-electron chi connectivity index (χ3n) is 1.24. The van der Waals surface area contributed by atoms with Crippen LogP contribution in [-0.4, -0.2) is 11.1 Å². The average Bonchev–Trinajstić information content (AvgIpc) is 2.50. The molecule has 0 atom stereocenters. The van der Waals surface area contributed by atoms with Crippen molar-refractivity contribution >= 4 is 23.4 Å². The topological polar surface area (TPSA) is 86.1 Å². The molecule has 0 bridgehead atoms. The predicted octanol–water partition coefficient (Wildman–Crippen LogP) is 2.62. The van der Waals surface area contributed by atoms with Crippen LogP contribution in [-0.2, 0) is 4.79 Å². The first-order chi connectivity index (χ1) is 6.63. The zero-order valence-corrected chi connectivity index (χ0v) is 7.53. The second-order valence-corrected chi connectivity index (χ2v) is 3.23. The van der Waals surface area contributed by atoms with Crippen molar-refractivity contribution in [3.63, 3.8) is 0 Å². The highest BCUT2D eigenvalue weighted by atomic mass is 32.1. The first kappa shape index (κ1) is 10.2. The molecule has 0 radical (unpaired) electrons. The summed E-state index contributed by atoms with van der Waals surface area (Å²) in [5, 5.41) is 11.1. The maximum Gasteiger partial charge on any atom is 0.338 e. The van der Waals surface area contributed by atoms with E-state index in [1.54, 1.807) is 0 Å². The third-order valence-corrected chi connectivity index (χ3v) is 2.07. The summed E-state index contributed by atoms with van der Waals surface area (Å²) < 4.78 is 12.5. The molecule has 0 fully saturated rings. The van der Waals surface area contributed by atoms with Gasteiger partial charge in [0.25, 0.3) is 0 Å². The van der Waals surface area contributed by atoms with Crippen molar-refractivity contribution in [3.05, 3.63) is 38.3 Å². The number of rotatable bonds is 3. The molecular weight excluding hydrogens is 209 g/mol. The molecule has 0 aliphatic heterocycles. The number of carboxylic acids is 1. The van der Waals surface area contributed by atoms with Gasteiger partial charge >= 0.3 is 5.97 Å². The molecule has 7 heteroatoms. The molecule has 0 saturated carbocycles. The van der Waals surface area contributed by atoms with E-state index in [9.17, 15) is 9.18 Å². The van der Waals surface area contributed by atoms with E-state index in [1.165, 1.54) is 12.1 Å². The Balaban J connectivity index is 3.04. The van der Waals surface area contributed by atoms with Crippen molar-refractivity contribution in [2.45, 2.75) is 0 Å². The number of nitrogens with zero attached hydrogens (tertiary/aromatic N) is 3. The Labute approximate surface area is 81.7 Å². The highest BCUT2D eigenvalue weighted by Crippen LogP contribution is 2.18. The minimum Gasteiger partial charge on any atom is -0.478 e. The lowest BCUT2D eigenvalue weighted by molar-refractivity contribution is -0.132. The molecule has 1 rings (SSSR count). The standard InChI is InChI=1S/C7H4FN3O2S/c8-6-2-1-4(14-6)3-5(7(12)13)10-11-9/h1-3H,(H,12,13)/b5-3-. The van der Waals surface area contributed by atoms with Gasteiger partial charge in [-0.15, -0.1) is 11.3 Å². The number of hydrogen-bond donors (Lipinski definition) is 1. The van der Waals surface area contributed by atoms with Crippen LogP contribution in [0.5, 0.6) is 0 Å². The molecule has 0 spiro atoms. The molecule has 0 unspecified atom stereocenters. The fourth-order valence-corrected chi connectivity index (χ4v) is 1.39. The van der Waals surface area contributed by atoms with Gasteiger partial charge in [-0.05, 0) is 23.7 Å². The Kier molecular flexibility index (Phi) is 3.22. The predicted molar refractivity (Wildman–Crippen MR) is 49.0 cm³/mol. The highest BCUT2D eigenvalue weighted by Gasteiger charge is 2.05. The first-order valence-corrected chi connectivity index (χ1v) is 4.20. The summed E-state index contributed by atoms with van der Waals surface area (Å²) in [6, 6.07) is 2.60. The molecule has 14 heavy (non-hydrogen) atoms. The van der Waals surface area contributed by atoms with Crippen LogP contribution in [0.15, 0.2) is 22.9 Å². The highest BCUT2D eigenvalue weighted by molar-refractivity contribution is 7.11. The smallest absolute Gasteiger partial charge is 0.338 e. The summed E-state index contributed by atoms with van der Waals surface area (Å²) in [5.41, 5.74) is 7.59. The van der Waals surface area contributed by atoms with Crippen LogP contribution in [0, 0.1) is 5.13 Å². The van der Waals surface area contributed by atoms with Gasteiger partial charge in [0.2, 0.25) is 0 Å². The molecule has 0 amide bonds. The van der Waals surface area contributed by atoms with E-state index < -0.39 is 16.8 Å². The van der Waals surface area contributed by atoms with Gasteiger partial charge in [0.1, 0.15) is 5.70 Å². The number of thiophene rings is 1. The monoisotopic (exact) mass is 213 g/mol. The van der Waals surface area contributed by atoms with Crippen molar-refractivity contribution in [1.29, 1.82) is 0 Å². The van der Waals surface area contributed by atoms with E-state index in [1.807, 2.05) is 0 Å². The molecule has 5 nitrogen and oxygen atoms in total. The van der Waals surface area contributed by atoms with Crippen LogP contribution in [0.1, 0.15) is 4.88 Å². The van der Waals surface area contributed by atoms with E-state index in [-0.39, 0.29) is 0 Å². The van der Waals surface area contributed by atoms with Crippen molar-refractivity contribution in [2.75, 3.05) is 0 Å². The molecule has 0 aromatic carbocycles. The fraction of sp³-hybridized carbons (Fsp3) is 0. The van der Waals surface area contributed by atoms with Crippen molar-refractivity contribution < 1.29 is 14.3 Å². The zero-order chi connectivity index (χ0) is 10.6. The minimum atomic E-state index is -1.35. The van der Waals surface area contributed by atoms with E-state index in [4.69, 9.17) is 10.6 Å². The summed E-state index contributed by atoms with van der Waals surface area (Å²) in [5.74, 6) is -1.35. The molecule has 0 saturated heterocycles. The van der Waals surface area contributed by atoms with Gasteiger partial charge in [0.15, 0.2) is 5.13 Å². The first-order valence-electron chi connectivity index (χ1n) is 3.39. The Morgan fingerprint density at radius 2 is 2.43 bits per heavy atom. The summed E-state index contributed by atoms with van der Waals surface area (Å²) in [6.45, 7) is 0. The molecule has 0 aliphatic rings. The van der Waals surface area contributed by atoms with E-state index in [0.717, 1.165) is 17.4 Å². The lowest BCUT2D eigenvalue weighted by Crippen LogP contribution is -1.95. The van der Waals surface area contributed by atoms with Crippen LogP contribution in [0.25, 0.3) is 16.5 Å². The van der Waals surface area contributed by atoms with Crippen LogP contribution in [0.3, 0.4) is 0 Å². The largest absolute Gasteiger partial charge is 0.478 e. The van der Waals surface area contributed by atoms with Crippen LogP contribution in [0.4, 0.5) is 4.39 Å². The Morgan fingerprint density at radius 3 is 2.86 bits per heavy atom. The van der Waals surface area contributed by atoms with Gasteiger partial charge in [0.05, 0.1) is 0 Å². The Bertz CT molecular complexity index is 430. The number of carbonyl (C=O) groups is 1. The Hall–Kier alpha value is -1.85. The minimum absolute atomic E-state index is 0.382. The van der Waals surface area contributed by atoms with Crippen LogP contribution < -0.4 is 0 Å². The maximum absolute atomic E-state index is 12.5. The normalized spacial score (nSPS) is 10.8. The molecule has 1 N–H and O–H groups in total. The van der Waals surface area contributed by atoms with Crippen molar-refractivity contribution in [1.82, 2.24) is 0 Å². The maximum atomic E-state index is 12.5. The molecule has 1 heterocycles. The van der Waals surface area contributed by atoms with Gasteiger partial charge in [-0.3, -0.25) is 0 Å². The lowest BCUT2D eigenvalue weighted by Gasteiger charge is -1.89. The number of carboxylic acid groups (broad SMARTS) is 1. The van der Waals surface area contributed by atoms with E-state index in [0.29, 0.717) is 4.88 Å². The zero-order valence-electron chi connectivity index (χ0n) is 6.72. The van der Waals surface area contributed by atoms with Gasteiger partial charge < -0.3 is 5.11 Å². The molecule has 1 aromatic rings. The average molecular weight is 213 g/mol. The van der Waals surface area contributed by atoms with Gasteiger partial charge in [-0.2, -0.15) is 4.39 Å². The number of halogens is 1. The quantitative estimate of drug-likeness (QED) is 0.362. The molecular formula is C7H4FN3O2S. The molecule has 0 aliphatic carbocycles. The SMILES string of the molecule is [N-]=[N+]=N/C(=C\c1ccc(F)s1)C(=O)O. The number of aliphatic carboxylic acids is 1.